The molecule has 1 N–H and O–H groups in total. The minimum absolute atomic E-state index is 0.0564. The lowest BCUT2D eigenvalue weighted by Gasteiger charge is -2.35. The summed E-state index contributed by atoms with van der Waals surface area (Å²) < 4.78 is 5.02. The Bertz CT molecular complexity index is 1160. The van der Waals surface area contributed by atoms with Gasteiger partial charge in [-0.3, -0.25) is 9.69 Å². The number of hydrogen-bond donors (Lipinski definition) is 1. The first-order chi connectivity index (χ1) is 15.6. The second-order valence-electron chi connectivity index (χ2n) is 9.20. The number of anilines is 2. The van der Waals surface area contributed by atoms with Gasteiger partial charge in [0.05, 0.1) is 11.9 Å². The van der Waals surface area contributed by atoms with E-state index in [0.29, 0.717) is 24.0 Å². The summed E-state index contributed by atoms with van der Waals surface area (Å²) in [6.07, 6.45) is 7.30. The van der Waals surface area contributed by atoms with Gasteiger partial charge in [0, 0.05) is 43.0 Å². The molecule has 0 bridgehead atoms. The van der Waals surface area contributed by atoms with E-state index in [1.807, 2.05) is 18.3 Å². The molecule has 1 saturated carbocycles. The second kappa shape index (κ2) is 8.12. The summed E-state index contributed by atoms with van der Waals surface area (Å²) in [7, 11) is 0. The molecule has 4 heterocycles. The Morgan fingerprint density at radius 1 is 1.19 bits per heavy atom. The lowest BCUT2D eigenvalue weighted by Crippen LogP contribution is -2.49. The summed E-state index contributed by atoms with van der Waals surface area (Å²) in [4.78, 5) is 29.8. The molecule has 168 valence electrons. The molecule has 8 nitrogen and oxygen atoms in total. The minimum Gasteiger partial charge on any atom is -0.360 e. The van der Waals surface area contributed by atoms with Crippen molar-refractivity contribution >= 4 is 39.1 Å². The van der Waals surface area contributed by atoms with Crippen molar-refractivity contribution in [1.29, 1.82) is 0 Å². The molecule has 3 aromatic rings. The predicted molar refractivity (Wildman–Crippen MR) is 125 cm³/mol. The largest absolute Gasteiger partial charge is 0.360 e. The number of aromatic nitrogens is 3. The summed E-state index contributed by atoms with van der Waals surface area (Å²) in [5.74, 6) is 3.83. The van der Waals surface area contributed by atoms with Crippen LogP contribution in [0.1, 0.15) is 53.6 Å². The Balaban J connectivity index is 1.19. The maximum absolute atomic E-state index is 12.4. The smallest absolute Gasteiger partial charge is 0.239 e. The lowest BCUT2D eigenvalue weighted by molar-refractivity contribution is -0.117. The monoisotopic (exact) mass is 452 g/mol. The van der Waals surface area contributed by atoms with E-state index in [1.165, 1.54) is 52.8 Å². The number of nitrogens with one attached hydrogen (secondary N) is 1. The molecular formula is C23H28N6O2S. The van der Waals surface area contributed by atoms with E-state index in [9.17, 15) is 4.79 Å². The number of aryl methyl sites for hydroxylation is 3. The topological polar surface area (TPSA) is 87.4 Å². The van der Waals surface area contributed by atoms with Crippen molar-refractivity contribution in [3.05, 3.63) is 28.1 Å². The molecule has 0 unspecified atom stereocenters. The standard InChI is InChI=1S/C23H28N6O2S/c1-14-12-18(27-31-14)24-19(30)13-28-8-10-29(11-9-28)22-20-16-4-2-3-5-17(16)32-23(20)26-21(25-22)15-6-7-15/h12,15H,2-11,13H2,1H3,(H,24,27,30). The van der Waals surface area contributed by atoms with E-state index < -0.39 is 0 Å². The molecule has 3 aromatic heterocycles. The van der Waals surface area contributed by atoms with Gasteiger partial charge < -0.3 is 14.7 Å². The van der Waals surface area contributed by atoms with Crippen LogP contribution >= 0.6 is 11.3 Å². The Kier molecular flexibility index (Phi) is 5.10. The fourth-order valence-corrected chi connectivity index (χ4v) is 6.10. The normalized spacial score (nSPS) is 19.3. The van der Waals surface area contributed by atoms with Gasteiger partial charge in [-0.25, -0.2) is 9.97 Å². The second-order valence-corrected chi connectivity index (χ2v) is 10.3. The Labute approximate surface area is 191 Å². The van der Waals surface area contributed by atoms with Gasteiger partial charge in [-0.2, -0.15) is 0 Å². The van der Waals surface area contributed by atoms with Gasteiger partial charge in [-0.1, -0.05) is 5.16 Å². The number of piperazine rings is 1. The molecule has 2 fully saturated rings. The number of hydrogen-bond acceptors (Lipinski definition) is 8. The number of carbonyl (C=O) groups excluding carboxylic acids is 1. The van der Waals surface area contributed by atoms with Crippen LogP contribution in [0.4, 0.5) is 11.6 Å². The quantitative estimate of drug-likeness (QED) is 0.634. The number of amides is 1. The first kappa shape index (κ1) is 20.1. The average Bonchev–Trinajstić information content (AvgIpc) is 3.47. The van der Waals surface area contributed by atoms with Crippen LogP contribution in [0.25, 0.3) is 10.2 Å². The van der Waals surface area contributed by atoms with Crippen LogP contribution in [0.3, 0.4) is 0 Å². The number of carbonyl (C=O) groups is 1. The highest BCUT2D eigenvalue weighted by atomic mass is 32.1. The molecule has 6 rings (SSSR count). The molecule has 0 aromatic carbocycles. The molecule has 32 heavy (non-hydrogen) atoms. The van der Waals surface area contributed by atoms with Crippen LogP contribution < -0.4 is 10.2 Å². The first-order valence-electron chi connectivity index (χ1n) is 11.7. The van der Waals surface area contributed by atoms with E-state index in [2.05, 4.69) is 20.3 Å². The number of fused-ring (bicyclic) bond motifs is 3. The van der Waals surface area contributed by atoms with Gasteiger partial charge >= 0.3 is 0 Å². The van der Waals surface area contributed by atoms with E-state index >= 15 is 0 Å². The van der Waals surface area contributed by atoms with E-state index in [0.717, 1.165) is 44.2 Å². The van der Waals surface area contributed by atoms with E-state index in [1.54, 1.807) is 6.07 Å². The molecule has 0 spiro atoms. The van der Waals surface area contributed by atoms with Crippen molar-refractivity contribution in [3.63, 3.8) is 0 Å². The number of thiophene rings is 1. The van der Waals surface area contributed by atoms with Gasteiger partial charge in [-0.05, 0) is 51.0 Å². The zero-order valence-electron chi connectivity index (χ0n) is 18.4. The summed E-state index contributed by atoms with van der Waals surface area (Å²) in [5, 5.41) is 7.96. The fraction of sp³-hybridized carbons (Fsp3) is 0.565. The Hall–Kier alpha value is -2.52. The molecular weight excluding hydrogens is 424 g/mol. The third-order valence-electron chi connectivity index (χ3n) is 6.69. The summed E-state index contributed by atoms with van der Waals surface area (Å²) in [5.41, 5.74) is 1.50. The van der Waals surface area contributed by atoms with Gasteiger partial charge in [0.25, 0.3) is 0 Å². The molecule has 0 atom stereocenters. The maximum Gasteiger partial charge on any atom is 0.239 e. The van der Waals surface area contributed by atoms with Gasteiger partial charge in [-0.15, -0.1) is 11.3 Å². The maximum atomic E-state index is 12.4. The van der Waals surface area contributed by atoms with Crippen molar-refractivity contribution in [1.82, 2.24) is 20.0 Å². The van der Waals surface area contributed by atoms with Gasteiger partial charge in [0.1, 0.15) is 22.2 Å². The molecule has 1 amide bonds. The van der Waals surface area contributed by atoms with E-state index in [4.69, 9.17) is 14.5 Å². The molecule has 3 aliphatic rings. The summed E-state index contributed by atoms with van der Waals surface area (Å²) in [6.45, 7) is 5.59. The molecule has 0 radical (unpaired) electrons. The summed E-state index contributed by atoms with van der Waals surface area (Å²) >= 11 is 1.89. The van der Waals surface area contributed by atoms with E-state index in [-0.39, 0.29) is 5.91 Å². The van der Waals surface area contributed by atoms with Crippen molar-refractivity contribution < 1.29 is 9.32 Å². The van der Waals surface area contributed by atoms with Crippen LogP contribution in [0.2, 0.25) is 0 Å². The van der Waals surface area contributed by atoms with Crippen molar-refractivity contribution in [2.75, 3.05) is 42.9 Å². The van der Waals surface area contributed by atoms with Crippen molar-refractivity contribution in [2.24, 2.45) is 0 Å². The fourth-order valence-electron chi connectivity index (χ4n) is 4.84. The number of rotatable bonds is 5. The van der Waals surface area contributed by atoms with Crippen LogP contribution in [-0.2, 0) is 17.6 Å². The third kappa shape index (κ3) is 3.88. The van der Waals surface area contributed by atoms with Crippen LogP contribution in [0.5, 0.6) is 0 Å². The van der Waals surface area contributed by atoms with Crippen LogP contribution in [0, 0.1) is 6.92 Å². The van der Waals surface area contributed by atoms with Gasteiger partial charge in [0.15, 0.2) is 5.82 Å². The molecule has 2 aliphatic carbocycles. The molecule has 1 saturated heterocycles. The highest BCUT2D eigenvalue weighted by Crippen LogP contribution is 2.44. The van der Waals surface area contributed by atoms with Crippen molar-refractivity contribution in [2.45, 2.75) is 51.4 Å². The molecule has 9 heteroatoms. The van der Waals surface area contributed by atoms with Crippen molar-refractivity contribution in [3.8, 4) is 0 Å². The highest BCUT2D eigenvalue weighted by Gasteiger charge is 2.31. The predicted octanol–water partition coefficient (Wildman–Crippen LogP) is 3.50. The number of nitrogens with zero attached hydrogens (tertiary/aromatic N) is 5. The van der Waals surface area contributed by atoms with Gasteiger partial charge in [0.2, 0.25) is 5.91 Å². The first-order valence-corrected chi connectivity index (χ1v) is 12.5. The zero-order valence-corrected chi connectivity index (χ0v) is 19.2. The zero-order chi connectivity index (χ0) is 21.7. The van der Waals surface area contributed by atoms with Crippen LogP contribution in [-0.4, -0.2) is 58.7 Å². The molecule has 1 aliphatic heterocycles. The van der Waals surface area contributed by atoms with Crippen LogP contribution in [0.15, 0.2) is 10.6 Å². The Morgan fingerprint density at radius 3 is 2.75 bits per heavy atom. The highest BCUT2D eigenvalue weighted by molar-refractivity contribution is 7.19. The SMILES string of the molecule is Cc1cc(NC(=O)CN2CCN(c3nc(C4CC4)nc4sc5c(c34)CCCC5)CC2)no1. The summed E-state index contributed by atoms with van der Waals surface area (Å²) in [6, 6.07) is 1.73. The minimum atomic E-state index is -0.0564. The average molecular weight is 453 g/mol. The Morgan fingerprint density at radius 2 is 2.00 bits per heavy atom. The lowest BCUT2D eigenvalue weighted by atomic mass is 9.97. The third-order valence-corrected chi connectivity index (χ3v) is 7.88.